The van der Waals surface area contributed by atoms with Crippen LogP contribution >= 0.6 is 0 Å². The van der Waals surface area contributed by atoms with E-state index in [1.54, 1.807) is 6.07 Å². The lowest BCUT2D eigenvalue weighted by atomic mass is 10.2. The van der Waals surface area contributed by atoms with Crippen molar-refractivity contribution in [2.24, 2.45) is 0 Å². The predicted molar refractivity (Wildman–Crippen MR) is 61.1 cm³/mol. The van der Waals surface area contributed by atoms with Gasteiger partial charge in [0.15, 0.2) is 0 Å². The molecule has 0 aromatic heterocycles. The molecule has 2 rings (SSSR count). The number of amides is 1. The maximum Gasteiger partial charge on any atom is 0.240 e. The predicted octanol–water partition coefficient (Wildman–Crippen LogP) is -0.548. The Kier molecular flexibility index (Phi) is 3.14. The normalized spacial score (nSPS) is 14.5. The van der Waals surface area contributed by atoms with Gasteiger partial charge in [-0.15, -0.1) is 0 Å². The van der Waals surface area contributed by atoms with Gasteiger partial charge in [-0.05, 0) is 23.8 Å². The fraction of sp³-hybridized carbons (Fsp3) is 0.300. The first kappa shape index (κ1) is 12.0. The third kappa shape index (κ3) is 2.46. The number of rotatable bonds is 4. The highest BCUT2D eigenvalue weighted by Crippen LogP contribution is 2.25. The number of aliphatic hydroxyl groups is 1. The Morgan fingerprint density at radius 1 is 1.41 bits per heavy atom. The molecule has 1 aromatic carbocycles. The van der Waals surface area contributed by atoms with Crippen LogP contribution in [-0.2, 0) is 21.2 Å². The number of hydrogen-bond donors (Lipinski definition) is 3. The van der Waals surface area contributed by atoms with Crippen molar-refractivity contribution in [2.75, 3.05) is 18.5 Å². The Labute approximate surface area is 98.7 Å². The first-order valence-corrected chi connectivity index (χ1v) is 6.54. The summed E-state index contributed by atoms with van der Waals surface area (Å²) in [5.41, 5.74) is 1.32. The first-order valence-electron chi connectivity index (χ1n) is 5.06. The van der Waals surface area contributed by atoms with Gasteiger partial charge in [0.1, 0.15) is 0 Å². The zero-order valence-electron chi connectivity index (χ0n) is 8.93. The second-order valence-electron chi connectivity index (χ2n) is 3.67. The minimum absolute atomic E-state index is 0.0312. The largest absolute Gasteiger partial charge is 0.395 e. The zero-order valence-corrected chi connectivity index (χ0v) is 9.75. The maximum atomic E-state index is 11.7. The highest BCUT2D eigenvalue weighted by Gasteiger charge is 2.21. The second-order valence-corrected chi connectivity index (χ2v) is 5.43. The lowest BCUT2D eigenvalue weighted by Crippen LogP contribution is -2.26. The molecule has 6 nitrogen and oxygen atoms in total. The fourth-order valence-electron chi connectivity index (χ4n) is 1.64. The van der Waals surface area contributed by atoms with Crippen LogP contribution in [0.15, 0.2) is 23.1 Å². The third-order valence-electron chi connectivity index (χ3n) is 2.42. The second kappa shape index (κ2) is 4.44. The van der Waals surface area contributed by atoms with Gasteiger partial charge in [-0.3, -0.25) is 4.79 Å². The van der Waals surface area contributed by atoms with E-state index in [0.717, 1.165) is 0 Å². The summed E-state index contributed by atoms with van der Waals surface area (Å²) < 4.78 is 25.7. The van der Waals surface area contributed by atoms with Gasteiger partial charge in [-0.2, -0.15) is 0 Å². The highest BCUT2D eigenvalue weighted by molar-refractivity contribution is 7.89. The average Bonchev–Trinajstić information content (AvgIpc) is 2.65. The molecule has 0 atom stereocenters. The zero-order chi connectivity index (χ0) is 12.5. The average molecular weight is 256 g/mol. The number of carbonyl (C=O) groups excluding carboxylic acids is 1. The third-order valence-corrected chi connectivity index (χ3v) is 3.87. The number of carbonyl (C=O) groups is 1. The molecule has 17 heavy (non-hydrogen) atoms. The summed E-state index contributed by atoms with van der Waals surface area (Å²) in [7, 11) is -3.61. The van der Waals surface area contributed by atoms with Crippen molar-refractivity contribution in [1.29, 1.82) is 0 Å². The molecule has 0 unspecified atom stereocenters. The Morgan fingerprint density at radius 2 is 2.18 bits per heavy atom. The van der Waals surface area contributed by atoms with E-state index in [9.17, 15) is 13.2 Å². The van der Waals surface area contributed by atoms with E-state index >= 15 is 0 Å². The smallest absolute Gasteiger partial charge is 0.240 e. The molecule has 1 aromatic rings. The number of sulfonamides is 1. The summed E-state index contributed by atoms with van der Waals surface area (Å²) in [6, 6.07) is 4.45. The fourth-order valence-corrected chi connectivity index (χ4v) is 2.71. The number of aliphatic hydroxyl groups excluding tert-OH is 1. The van der Waals surface area contributed by atoms with Crippen molar-refractivity contribution in [3.63, 3.8) is 0 Å². The molecule has 0 aliphatic carbocycles. The van der Waals surface area contributed by atoms with Gasteiger partial charge in [0.2, 0.25) is 15.9 Å². The van der Waals surface area contributed by atoms with Crippen molar-refractivity contribution in [3.05, 3.63) is 23.8 Å². The maximum absolute atomic E-state index is 11.7. The van der Waals surface area contributed by atoms with Crippen LogP contribution in [0.4, 0.5) is 5.69 Å². The van der Waals surface area contributed by atoms with Crippen LogP contribution in [0.5, 0.6) is 0 Å². The van der Waals surface area contributed by atoms with Crippen LogP contribution in [0.25, 0.3) is 0 Å². The number of nitrogens with one attached hydrogen (secondary N) is 2. The van der Waals surface area contributed by atoms with E-state index in [1.807, 2.05) is 0 Å². The molecule has 1 aliphatic rings. The lowest BCUT2D eigenvalue weighted by molar-refractivity contribution is -0.115. The van der Waals surface area contributed by atoms with Crippen LogP contribution in [-0.4, -0.2) is 32.6 Å². The van der Waals surface area contributed by atoms with Crippen LogP contribution < -0.4 is 10.0 Å². The van der Waals surface area contributed by atoms with Gasteiger partial charge in [0.25, 0.3) is 0 Å². The molecular weight excluding hydrogens is 244 g/mol. The Bertz CT molecular complexity index is 553. The van der Waals surface area contributed by atoms with Crippen molar-refractivity contribution in [3.8, 4) is 0 Å². The van der Waals surface area contributed by atoms with Crippen molar-refractivity contribution >= 4 is 21.6 Å². The molecule has 7 heteroatoms. The minimum Gasteiger partial charge on any atom is -0.395 e. The van der Waals surface area contributed by atoms with E-state index in [4.69, 9.17) is 5.11 Å². The summed E-state index contributed by atoms with van der Waals surface area (Å²) in [6.45, 7) is -0.291. The molecule has 1 aliphatic heterocycles. The lowest BCUT2D eigenvalue weighted by Gasteiger charge is -2.06. The highest BCUT2D eigenvalue weighted by atomic mass is 32.2. The first-order chi connectivity index (χ1) is 8.03. The van der Waals surface area contributed by atoms with Crippen molar-refractivity contribution in [1.82, 2.24) is 4.72 Å². The Hall–Kier alpha value is -1.44. The molecule has 0 saturated carbocycles. The van der Waals surface area contributed by atoms with Crippen molar-refractivity contribution < 1.29 is 18.3 Å². The topological polar surface area (TPSA) is 95.5 Å². The van der Waals surface area contributed by atoms with Gasteiger partial charge in [-0.1, -0.05) is 0 Å². The summed E-state index contributed by atoms with van der Waals surface area (Å²) in [5, 5.41) is 11.2. The van der Waals surface area contributed by atoms with Crippen LogP contribution in [0.2, 0.25) is 0 Å². The van der Waals surface area contributed by atoms with Gasteiger partial charge in [0, 0.05) is 12.2 Å². The van der Waals surface area contributed by atoms with E-state index in [0.29, 0.717) is 11.3 Å². The van der Waals surface area contributed by atoms with Gasteiger partial charge in [0.05, 0.1) is 17.9 Å². The van der Waals surface area contributed by atoms with E-state index < -0.39 is 10.0 Å². The van der Waals surface area contributed by atoms with Crippen LogP contribution in [0.1, 0.15) is 5.56 Å². The van der Waals surface area contributed by atoms with Gasteiger partial charge >= 0.3 is 0 Å². The summed E-state index contributed by atoms with van der Waals surface area (Å²) in [4.78, 5) is 11.2. The number of hydrogen-bond acceptors (Lipinski definition) is 4. The molecular formula is C10H12N2O4S. The van der Waals surface area contributed by atoms with Crippen LogP contribution in [0, 0.1) is 0 Å². The summed E-state index contributed by atoms with van der Waals surface area (Å²) in [6.07, 6.45) is 0.193. The van der Waals surface area contributed by atoms with E-state index in [-0.39, 0.29) is 30.4 Å². The number of fused-ring (bicyclic) bond motifs is 1. The van der Waals surface area contributed by atoms with Crippen molar-refractivity contribution in [2.45, 2.75) is 11.3 Å². The number of anilines is 1. The molecule has 0 saturated heterocycles. The molecule has 1 amide bonds. The molecule has 92 valence electrons. The standard InChI is InChI=1S/C10H12N2O4S/c13-4-3-11-17(15,16)8-1-2-9-7(5-8)6-10(14)12-9/h1-2,5,11,13H,3-4,6H2,(H,12,14). The molecule has 0 radical (unpaired) electrons. The summed E-state index contributed by atoms with van der Waals surface area (Å²) in [5.74, 6) is -0.141. The molecule has 0 spiro atoms. The number of benzene rings is 1. The molecule has 0 fully saturated rings. The SMILES string of the molecule is O=C1Cc2cc(S(=O)(=O)NCCO)ccc2N1. The summed E-state index contributed by atoms with van der Waals surface area (Å²) >= 11 is 0. The van der Waals surface area contributed by atoms with Gasteiger partial charge < -0.3 is 10.4 Å². The molecule has 3 N–H and O–H groups in total. The molecule has 1 heterocycles. The van der Waals surface area contributed by atoms with Gasteiger partial charge in [-0.25, -0.2) is 13.1 Å². The quantitative estimate of drug-likeness (QED) is 0.673. The van der Waals surface area contributed by atoms with Crippen LogP contribution in [0.3, 0.4) is 0 Å². The van der Waals surface area contributed by atoms with E-state index in [1.165, 1.54) is 12.1 Å². The minimum atomic E-state index is -3.61. The van der Waals surface area contributed by atoms with E-state index in [2.05, 4.69) is 10.0 Å². The Morgan fingerprint density at radius 3 is 2.88 bits per heavy atom. The monoisotopic (exact) mass is 256 g/mol. The molecule has 0 bridgehead atoms. The Balaban J connectivity index is 2.30.